The molecule has 12 rings (SSSR count). The molecule has 1 heteroatoms. The molecule has 1 aliphatic rings. The molecular formula is C61H43N. The van der Waals surface area contributed by atoms with Gasteiger partial charge >= 0.3 is 0 Å². The van der Waals surface area contributed by atoms with Gasteiger partial charge < -0.3 is 4.57 Å². The maximum Gasteiger partial charge on any atom is 0.0742 e. The fourth-order valence-corrected chi connectivity index (χ4v) is 10.5. The molecule has 0 fully saturated rings. The van der Waals surface area contributed by atoms with Crippen molar-refractivity contribution in [2.24, 2.45) is 0 Å². The summed E-state index contributed by atoms with van der Waals surface area (Å²) in [5.74, 6) is 0.151. The summed E-state index contributed by atoms with van der Waals surface area (Å²) >= 11 is 0. The Balaban J connectivity index is 0.992. The molecule has 2 heterocycles. The largest absolute Gasteiger partial charge is 0.309 e. The van der Waals surface area contributed by atoms with Crippen LogP contribution in [0.5, 0.6) is 0 Å². The van der Waals surface area contributed by atoms with Crippen molar-refractivity contribution in [3.8, 4) is 27.9 Å². The molecule has 2 atom stereocenters. The van der Waals surface area contributed by atoms with Crippen molar-refractivity contribution in [3.63, 3.8) is 0 Å². The van der Waals surface area contributed by atoms with Crippen LogP contribution in [0.15, 0.2) is 243 Å². The number of hydrogen-bond donors (Lipinski definition) is 0. The van der Waals surface area contributed by atoms with Crippen molar-refractivity contribution >= 4 is 32.6 Å². The van der Waals surface area contributed by atoms with E-state index in [1.54, 1.807) is 0 Å². The van der Waals surface area contributed by atoms with E-state index >= 15 is 0 Å². The lowest BCUT2D eigenvalue weighted by Crippen LogP contribution is -2.35. The zero-order chi connectivity index (χ0) is 41.0. The number of nitrogens with zero attached hydrogens (tertiary/aromatic N) is 1. The van der Waals surface area contributed by atoms with Crippen LogP contribution in [0.4, 0.5) is 0 Å². The molecule has 0 saturated carbocycles. The third kappa shape index (κ3) is 5.77. The summed E-state index contributed by atoms with van der Waals surface area (Å²) < 4.78 is 2.51. The van der Waals surface area contributed by atoms with Gasteiger partial charge in [-0.1, -0.05) is 224 Å². The number of hydrogen-bond acceptors (Lipinski definition) is 0. The lowest BCUT2D eigenvalue weighted by atomic mass is 9.63. The fourth-order valence-electron chi connectivity index (χ4n) is 10.5. The first-order valence-electron chi connectivity index (χ1n) is 21.8. The van der Waals surface area contributed by atoms with Crippen LogP contribution in [0.3, 0.4) is 0 Å². The third-order valence-electron chi connectivity index (χ3n) is 13.5. The van der Waals surface area contributed by atoms with Gasteiger partial charge in [-0.05, 0) is 96.6 Å². The number of fused-ring (bicyclic) bond motifs is 6. The van der Waals surface area contributed by atoms with Crippen LogP contribution in [0.25, 0.3) is 60.5 Å². The second kappa shape index (κ2) is 14.8. The smallest absolute Gasteiger partial charge is 0.0742 e. The van der Waals surface area contributed by atoms with Crippen LogP contribution in [0.1, 0.15) is 44.9 Å². The van der Waals surface area contributed by atoms with Gasteiger partial charge in [-0.2, -0.15) is 0 Å². The number of aromatic nitrogens is 1. The predicted molar refractivity (Wildman–Crippen MR) is 259 cm³/mol. The van der Waals surface area contributed by atoms with Crippen LogP contribution in [0, 0.1) is 0 Å². The first-order chi connectivity index (χ1) is 30.7. The zero-order valence-corrected chi connectivity index (χ0v) is 34.3. The number of para-hydroxylation sites is 3. The second-order valence-electron chi connectivity index (χ2n) is 16.8. The Hall–Kier alpha value is -7.74. The van der Waals surface area contributed by atoms with E-state index in [-0.39, 0.29) is 5.92 Å². The normalized spacial score (nSPS) is 14.8. The van der Waals surface area contributed by atoms with Gasteiger partial charge in [-0.15, -0.1) is 0 Å². The summed E-state index contributed by atoms with van der Waals surface area (Å²) in [7, 11) is 0. The minimum Gasteiger partial charge on any atom is -0.309 e. The summed E-state index contributed by atoms with van der Waals surface area (Å²) in [5, 5.41) is 5.10. The topological polar surface area (TPSA) is 4.93 Å². The van der Waals surface area contributed by atoms with E-state index in [4.69, 9.17) is 0 Å². The van der Waals surface area contributed by atoms with Crippen molar-refractivity contribution in [2.45, 2.75) is 17.8 Å². The first-order valence-corrected chi connectivity index (χ1v) is 21.8. The van der Waals surface area contributed by atoms with Crippen LogP contribution in [0.2, 0.25) is 0 Å². The highest BCUT2D eigenvalue weighted by molar-refractivity contribution is 6.12. The molecule has 0 spiro atoms. The Bertz CT molecular complexity index is 3400. The molecule has 10 aromatic carbocycles. The van der Waals surface area contributed by atoms with E-state index < -0.39 is 5.41 Å². The summed E-state index contributed by atoms with van der Waals surface area (Å²) in [5.41, 5.74) is 17.2. The van der Waals surface area contributed by atoms with Crippen LogP contribution < -0.4 is 0 Å². The fraction of sp³-hybridized carbons (Fsp3) is 0.0492. The molecule has 62 heavy (non-hydrogen) atoms. The molecule has 0 amide bonds. The van der Waals surface area contributed by atoms with E-state index in [1.807, 2.05) is 0 Å². The molecule has 0 radical (unpaired) electrons. The van der Waals surface area contributed by atoms with Crippen molar-refractivity contribution in [3.05, 3.63) is 282 Å². The SMILES string of the molecule is c1ccc(-c2ccc(C(Cc3ccc(-c4ccc5ccccc5c4)cc3)c3ccc(C4(c5ccccc5)c5ccccc5-n5c6ccccc6c6cccc4c65)cc3)cc2)cc1. The quantitative estimate of drug-likeness (QED) is 0.144. The van der Waals surface area contributed by atoms with Crippen molar-refractivity contribution in [2.75, 3.05) is 0 Å². The van der Waals surface area contributed by atoms with E-state index in [2.05, 4.69) is 247 Å². The zero-order valence-electron chi connectivity index (χ0n) is 34.3. The molecule has 0 saturated heterocycles. The molecular weight excluding hydrogens is 747 g/mol. The Morgan fingerprint density at radius 1 is 0.371 bits per heavy atom. The molecule has 1 aromatic heterocycles. The molecule has 0 aliphatic carbocycles. The van der Waals surface area contributed by atoms with Gasteiger partial charge in [0.2, 0.25) is 0 Å². The minimum absolute atomic E-state index is 0.151. The molecule has 1 aliphatic heterocycles. The predicted octanol–water partition coefficient (Wildman–Crippen LogP) is 15.3. The van der Waals surface area contributed by atoms with Crippen molar-refractivity contribution in [1.29, 1.82) is 0 Å². The summed E-state index contributed by atoms with van der Waals surface area (Å²) in [4.78, 5) is 0. The monoisotopic (exact) mass is 789 g/mol. The highest BCUT2D eigenvalue weighted by Crippen LogP contribution is 2.54. The second-order valence-corrected chi connectivity index (χ2v) is 16.8. The van der Waals surface area contributed by atoms with Crippen LogP contribution >= 0.6 is 0 Å². The Kier molecular flexibility index (Phi) is 8.61. The van der Waals surface area contributed by atoms with Gasteiger partial charge in [0.05, 0.1) is 22.1 Å². The number of benzene rings is 10. The average molecular weight is 790 g/mol. The van der Waals surface area contributed by atoms with Gasteiger partial charge in [0, 0.05) is 16.7 Å². The Labute approximate surface area is 362 Å². The van der Waals surface area contributed by atoms with Crippen molar-refractivity contribution < 1.29 is 0 Å². The lowest BCUT2D eigenvalue weighted by molar-refractivity contribution is 0.725. The molecule has 292 valence electrons. The highest BCUT2D eigenvalue weighted by Gasteiger charge is 2.45. The maximum absolute atomic E-state index is 2.51. The highest BCUT2D eigenvalue weighted by atomic mass is 15.0. The number of rotatable bonds is 8. The Morgan fingerprint density at radius 3 is 1.71 bits per heavy atom. The van der Waals surface area contributed by atoms with Crippen LogP contribution in [-0.2, 0) is 11.8 Å². The summed E-state index contributed by atoms with van der Waals surface area (Å²) in [6.45, 7) is 0. The molecule has 0 N–H and O–H groups in total. The summed E-state index contributed by atoms with van der Waals surface area (Å²) in [6, 6.07) is 90.2. The van der Waals surface area contributed by atoms with Gasteiger partial charge in [0.1, 0.15) is 0 Å². The summed E-state index contributed by atoms with van der Waals surface area (Å²) in [6.07, 6.45) is 0.883. The lowest BCUT2D eigenvalue weighted by Gasteiger charge is -2.41. The standard InChI is InChI=1S/C61H43N/c1-3-14-43(15-4-1)45-30-33-47(34-31-45)55(40-42-26-28-46(29-27-42)50-35-32-44-16-7-8-17-49(44)41-50)48-36-38-52(39-37-48)61(51-18-5-2-6-19-51)56-22-10-12-25-59(56)62-58-24-11-9-20-53(58)54-21-13-23-57(61)60(54)62/h1-39,41,55H,40H2. The van der Waals surface area contributed by atoms with Crippen LogP contribution in [-0.4, -0.2) is 4.57 Å². The van der Waals surface area contributed by atoms with E-state index in [9.17, 15) is 0 Å². The van der Waals surface area contributed by atoms with Gasteiger partial charge in [0.25, 0.3) is 0 Å². The van der Waals surface area contributed by atoms with E-state index in [0.29, 0.717) is 0 Å². The van der Waals surface area contributed by atoms with E-state index in [0.717, 1.165) is 6.42 Å². The van der Waals surface area contributed by atoms with E-state index in [1.165, 1.54) is 99.5 Å². The minimum atomic E-state index is -0.536. The van der Waals surface area contributed by atoms with Gasteiger partial charge in [-0.3, -0.25) is 0 Å². The Morgan fingerprint density at radius 2 is 0.919 bits per heavy atom. The molecule has 11 aromatic rings. The molecule has 2 unspecified atom stereocenters. The third-order valence-corrected chi connectivity index (χ3v) is 13.5. The average Bonchev–Trinajstić information content (AvgIpc) is 3.70. The molecule has 0 bridgehead atoms. The van der Waals surface area contributed by atoms with Gasteiger partial charge in [0.15, 0.2) is 0 Å². The molecule has 1 nitrogen and oxygen atoms in total. The van der Waals surface area contributed by atoms with Gasteiger partial charge in [-0.25, -0.2) is 0 Å². The maximum atomic E-state index is 2.51. The first kappa shape index (κ1) is 36.1. The van der Waals surface area contributed by atoms with Crippen molar-refractivity contribution in [1.82, 2.24) is 4.57 Å².